The first-order valence-electron chi connectivity index (χ1n) is 6.59. The number of fused-ring (bicyclic) bond motifs is 1. The Morgan fingerprint density at radius 2 is 2.32 bits per heavy atom. The maximum Gasteiger partial charge on any atom is 0.244 e. The van der Waals surface area contributed by atoms with Crippen LogP contribution in [0.4, 0.5) is 5.69 Å². The Bertz CT molecular complexity index is 480. The first kappa shape index (κ1) is 13.0. The zero-order valence-corrected chi connectivity index (χ0v) is 11.8. The average molecular weight is 278 g/mol. The van der Waals surface area contributed by atoms with Crippen molar-refractivity contribution in [1.29, 1.82) is 0 Å². The molecule has 5 heteroatoms. The van der Waals surface area contributed by atoms with E-state index in [1.165, 1.54) is 4.90 Å². The Hall–Kier alpha value is -1.04. The van der Waals surface area contributed by atoms with Crippen LogP contribution >= 0.6 is 11.8 Å². The molecule has 1 amide bonds. The molecule has 1 N–H and O–H groups in total. The molecule has 1 aromatic carbocycles. The van der Waals surface area contributed by atoms with Gasteiger partial charge in [-0.1, -0.05) is 12.1 Å². The van der Waals surface area contributed by atoms with Gasteiger partial charge in [-0.05, 0) is 18.6 Å². The number of carbonyl (C=O) groups is 1. The van der Waals surface area contributed by atoms with Gasteiger partial charge in [-0.15, -0.1) is 11.8 Å². The van der Waals surface area contributed by atoms with E-state index in [9.17, 15) is 4.79 Å². The van der Waals surface area contributed by atoms with Crippen LogP contribution in [0.25, 0.3) is 0 Å². The number of ether oxygens (including phenoxy) is 1. The minimum Gasteiger partial charge on any atom is -0.380 e. The minimum absolute atomic E-state index is 0.110. The molecule has 2 aliphatic heterocycles. The molecule has 2 atom stereocenters. The molecule has 2 heterocycles. The van der Waals surface area contributed by atoms with E-state index in [0.717, 1.165) is 31.0 Å². The maximum absolute atomic E-state index is 12.6. The SMILES string of the molecule is COC1CNC(C(=O)N2CCSc3ccccc32)C1. The molecule has 102 valence electrons. The molecule has 3 rings (SSSR count). The summed E-state index contributed by atoms with van der Waals surface area (Å²) in [6, 6.07) is 8.02. The Morgan fingerprint density at radius 3 is 3.11 bits per heavy atom. The largest absolute Gasteiger partial charge is 0.380 e. The second kappa shape index (κ2) is 5.53. The summed E-state index contributed by atoms with van der Waals surface area (Å²) in [4.78, 5) is 15.7. The van der Waals surface area contributed by atoms with E-state index in [-0.39, 0.29) is 18.1 Å². The summed E-state index contributed by atoms with van der Waals surface area (Å²) in [6.45, 7) is 1.55. The molecule has 0 aromatic heterocycles. The van der Waals surface area contributed by atoms with Crippen molar-refractivity contribution in [2.75, 3.05) is 30.9 Å². The molecule has 0 saturated carbocycles. The normalized spacial score (nSPS) is 26.3. The first-order chi connectivity index (χ1) is 9.29. The quantitative estimate of drug-likeness (QED) is 0.890. The fourth-order valence-corrected chi connectivity index (χ4v) is 3.65. The van der Waals surface area contributed by atoms with Gasteiger partial charge in [0, 0.05) is 30.8 Å². The average Bonchev–Trinajstić information content (AvgIpc) is 2.95. The summed E-state index contributed by atoms with van der Waals surface area (Å²) in [5, 5.41) is 3.26. The number of nitrogens with zero attached hydrogens (tertiary/aromatic N) is 1. The van der Waals surface area contributed by atoms with Gasteiger partial charge in [0.15, 0.2) is 0 Å². The number of hydrogen-bond acceptors (Lipinski definition) is 4. The lowest BCUT2D eigenvalue weighted by Crippen LogP contribution is -2.45. The third-order valence-corrected chi connectivity index (χ3v) is 4.76. The van der Waals surface area contributed by atoms with Crippen molar-refractivity contribution >= 4 is 23.4 Å². The highest BCUT2D eigenvalue weighted by Gasteiger charge is 2.34. The Labute approximate surface area is 117 Å². The highest BCUT2D eigenvalue weighted by atomic mass is 32.2. The van der Waals surface area contributed by atoms with E-state index in [0.29, 0.717) is 0 Å². The zero-order chi connectivity index (χ0) is 13.2. The Balaban J connectivity index is 1.78. The van der Waals surface area contributed by atoms with Crippen molar-refractivity contribution in [3.05, 3.63) is 24.3 Å². The van der Waals surface area contributed by atoms with E-state index in [1.54, 1.807) is 7.11 Å². The van der Waals surface area contributed by atoms with Crippen molar-refractivity contribution in [3.63, 3.8) is 0 Å². The lowest BCUT2D eigenvalue weighted by Gasteiger charge is -2.31. The second-order valence-electron chi connectivity index (χ2n) is 4.86. The van der Waals surface area contributed by atoms with E-state index in [4.69, 9.17) is 4.74 Å². The van der Waals surface area contributed by atoms with Crippen LogP contribution in [-0.2, 0) is 9.53 Å². The second-order valence-corrected chi connectivity index (χ2v) is 6.00. The Morgan fingerprint density at radius 1 is 1.47 bits per heavy atom. The molecule has 1 saturated heterocycles. The summed E-state index contributed by atoms with van der Waals surface area (Å²) < 4.78 is 5.31. The predicted octanol–water partition coefficient (Wildman–Crippen LogP) is 1.50. The fourth-order valence-electron chi connectivity index (χ4n) is 2.66. The summed E-state index contributed by atoms with van der Waals surface area (Å²) >= 11 is 1.82. The lowest BCUT2D eigenvalue weighted by atomic mass is 10.1. The van der Waals surface area contributed by atoms with Crippen molar-refractivity contribution in [3.8, 4) is 0 Å². The molecule has 0 bridgehead atoms. The predicted molar refractivity (Wildman–Crippen MR) is 76.7 cm³/mol. The smallest absolute Gasteiger partial charge is 0.244 e. The number of nitrogens with one attached hydrogen (secondary N) is 1. The molecule has 19 heavy (non-hydrogen) atoms. The highest BCUT2D eigenvalue weighted by Crippen LogP contribution is 2.35. The lowest BCUT2D eigenvalue weighted by molar-refractivity contribution is -0.120. The number of hydrogen-bond donors (Lipinski definition) is 1. The van der Waals surface area contributed by atoms with Gasteiger partial charge < -0.3 is 15.0 Å². The van der Waals surface area contributed by atoms with Crippen LogP contribution in [0, 0.1) is 0 Å². The summed E-state index contributed by atoms with van der Waals surface area (Å²) in [6.07, 6.45) is 0.921. The Kier molecular flexibility index (Phi) is 3.77. The van der Waals surface area contributed by atoms with Crippen LogP contribution in [0.3, 0.4) is 0 Å². The van der Waals surface area contributed by atoms with Gasteiger partial charge in [-0.3, -0.25) is 4.79 Å². The van der Waals surface area contributed by atoms with Crippen molar-refractivity contribution < 1.29 is 9.53 Å². The standard InChI is InChI=1S/C14H18N2O2S/c1-18-10-8-11(15-9-10)14(17)16-6-7-19-13-5-3-2-4-12(13)16/h2-5,10-11,15H,6-9H2,1H3. The number of anilines is 1. The number of carbonyl (C=O) groups excluding carboxylic acids is 1. The van der Waals surface area contributed by atoms with Crippen molar-refractivity contribution in [2.45, 2.75) is 23.5 Å². The topological polar surface area (TPSA) is 41.6 Å². The number of rotatable bonds is 2. The molecule has 0 radical (unpaired) electrons. The van der Waals surface area contributed by atoms with E-state index in [1.807, 2.05) is 34.9 Å². The third kappa shape index (κ3) is 2.50. The molecular weight excluding hydrogens is 260 g/mol. The number of para-hydroxylation sites is 1. The summed E-state index contributed by atoms with van der Waals surface area (Å²) in [7, 11) is 1.70. The highest BCUT2D eigenvalue weighted by molar-refractivity contribution is 7.99. The molecule has 4 nitrogen and oxygen atoms in total. The maximum atomic E-state index is 12.6. The molecular formula is C14H18N2O2S. The van der Waals surface area contributed by atoms with Crippen LogP contribution in [-0.4, -0.2) is 44.0 Å². The number of benzene rings is 1. The van der Waals surface area contributed by atoms with Crippen LogP contribution in [0.1, 0.15) is 6.42 Å². The van der Waals surface area contributed by atoms with Crippen LogP contribution in [0.2, 0.25) is 0 Å². The van der Waals surface area contributed by atoms with Gasteiger partial charge in [0.25, 0.3) is 0 Å². The summed E-state index contributed by atoms with van der Waals surface area (Å²) in [5.74, 6) is 1.13. The fraction of sp³-hybridized carbons (Fsp3) is 0.500. The van der Waals surface area contributed by atoms with E-state index in [2.05, 4.69) is 11.4 Å². The van der Waals surface area contributed by atoms with E-state index >= 15 is 0 Å². The van der Waals surface area contributed by atoms with Gasteiger partial charge in [-0.2, -0.15) is 0 Å². The molecule has 2 aliphatic rings. The number of methoxy groups -OCH3 is 1. The van der Waals surface area contributed by atoms with Crippen molar-refractivity contribution in [2.24, 2.45) is 0 Å². The van der Waals surface area contributed by atoms with Crippen LogP contribution in [0.15, 0.2) is 29.2 Å². The third-order valence-electron chi connectivity index (χ3n) is 3.72. The van der Waals surface area contributed by atoms with Gasteiger partial charge in [0.1, 0.15) is 0 Å². The van der Waals surface area contributed by atoms with Gasteiger partial charge in [-0.25, -0.2) is 0 Å². The first-order valence-corrected chi connectivity index (χ1v) is 7.57. The molecule has 0 aliphatic carbocycles. The molecule has 2 unspecified atom stereocenters. The van der Waals surface area contributed by atoms with Crippen LogP contribution in [0.5, 0.6) is 0 Å². The van der Waals surface area contributed by atoms with Crippen molar-refractivity contribution in [1.82, 2.24) is 5.32 Å². The minimum atomic E-state index is -0.110. The summed E-state index contributed by atoms with van der Waals surface area (Å²) in [5.41, 5.74) is 1.05. The molecule has 1 fully saturated rings. The van der Waals surface area contributed by atoms with E-state index < -0.39 is 0 Å². The number of amides is 1. The van der Waals surface area contributed by atoms with Gasteiger partial charge in [0.05, 0.1) is 17.8 Å². The molecule has 1 aromatic rings. The number of thioether (sulfide) groups is 1. The monoisotopic (exact) mass is 278 g/mol. The van der Waals surface area contributed by atoms with Gasteiger partial charge in [0.2, 0.25) is 5.91 Å². The zero-order valence-electron chi connectivity index (χ0n) is 11.0. The van der Waals surface area contributed by atoms with Crippen LogP contribution < -0.4 is 10.2 Å². The van der Waals surface area contributed by atoms with Gasteiger partial charge >= 0.3 is 0 Å². The molecule has 0 spiro atoms.